The van der Waals surface area contributed by atoms with Gasteiger partial charge in [0.25, 0.3) is 12.3 Å². The number of thiophene rings is 1. The van der Waals surface area contributed by atoms with Crippen LogP contribution in [0.5, 0.6) is 0 Å². The Morgan fingerprint density at radius 3 is 2.42 bits per heavy atom. The molecule has 0 radical (unpaired) electrons. The fourth-order valence-electron chi connectivity index (χ4n) is 3.93. The molecule has 0 bridgehead atoms. The van der Waals surface area contributed by atoms with E-state index in [2.05, 4.69) is 36.4 Å². The summed E-state index contributed by atoms with van der Waals surface area (Å²) in [5.74, 6) is -1.59. The molecule has 38 heavy (non-hydrogen) atoms. The molecule has 0 aromatic carbocycles. The van der Waals surface area contributed by atoms with Gasteiger partial charge in [-0.25, -0.2) is 13.8 Å². The van der Waals surface area contributed by atoms with Crippen LogP contribution in [0.15, 0.2) is 16.7 Å². The summed E-state index contributed by atoms with van der Waals surface area (Å²) in [7, 11) is 1.65. The molecule has 0 saturated carbocycles. The molecule has 4 aromatic rings. The smallest absolute Gasteiger partial charge is 0.365 e. The van der Waals surface area contributed by atoms with Crippen LogP contribution >= 0.6 is 27.3 Å². The number of carbonyl (C=O) groups is 2. The lowest BCUT2D eigenvalue weighted by Gasteiger charge is -2.11. The predicted molar refractivity (Wildman–Crippen MR) is 133 cm³/mol. The molecule has 202 valence electrons. The van der Waals surface area contributed by atoms with Crippen LogP contribution in [0.3, 0.4) is 0 Å². The first-order valence-corrected chi connectivity index (χ1v) is 12.5. The minimum absolute atomic E-state index is 0.0246. The highest BCUT2D eigenvalue weighted by Crippen LogP contribution is 2.43. The highest BCUT2D eigenvalue weighted by molar-refractivity contribution is 9.10. The third kappa shape index (κ3) is 5.14. The van der Waals surface area contributed by atoms with Gasteiger partial charge < -0.3 is 11.1 Å². The van der Waals surface area contributed by atoms with E-state index in [1.54, 1.807) is 20.2 Å². The number of nitrogens with zero attached hydrogens (tertiary/aromatic N) is 5. The van der Waals surface area contributed by atoms with Crippen molar-refractivity contribution in [3.8, 4) is 11.1 Å². The second-order valence-electron chi connectivity index (χ2n) is 8.31. The van der Waals surface area contributed by atoms with Gasteiger partial charge in [-0.05, 0) is 41.4 Å². The monoisotopic (exact) mass is 619 g/mol. The first kappa shape index (κ1) is 27.6. The number of alkyl halides is 5. The molecular weight excluding hydrogens is 601 g/mol. The van der Waals surface area contributed by atoms with Crippen LogP contribution in [0.25, 0.3) is 21.3 Å². The Morgan fingerprint density at radius 2 is 1.89 bits per heavy atom. The van der Waals surface area contributed by atoms with Gasteiger partial charge in [0, 0.05) is 30.6 Å². The van der Waals surface area contributed by atoms with Crippen LogP contribution in [0, 0.1) is 13.8 Å². The van der Waals surface area contributed by atoms with Crippen molar-refractivity contribution in [3.63, 3.8) is 0 Å². The molecule has 0 spiro atoms. The minimum Gasteiger partial charge on any atom is -0.365 e. The third-order valence-corrected chi connectivity index (χ3v) is 7.70. The summed E-state index contributed by atoms with van der Waals surface area (Å²) < 4.78 is 69.1. The second-order valence-corrected chi connectivity index (χ2v) is 10.1. The van der Waals surface area contributed by atoms with Crippen molar-refractivity contribution in [2.45, 2.75) is 39.4 Å². The molecule has 2 amide bonds. The van der Waals surface area contributed by atoms with Gasteiger partial charge in [-0.15, -0.1) is 11.3 Å². The van der Waals surface area contributed by atoms with Crippen molar-refractivity contribution in [2.24, 2.45) is 12.8 Å². The summed E-state index contributed by atoms with van der Waals surface area (Å²) >= 11 is 3.62. The number of anilines is 1. The largest absolute Gasteiger partial charge is 0.436 e. The average molecular weight is 620 g/mol. The molecule has 0 aliphatic carbocycles. The maximum Gasteiger partial charge on any atom is 0.436 e. The number of fused-ring (bicyclic) bond motifs is 1. The van der Waals surface area contributed by atoms with Crippen LogP contribution in [0.1, 0.15) is 45.3 Å². The zero-order valence-corrected chi connectivity index (χ0v) is 22.4. The number of hydrogen-bond donors (Lipinski definition) is 2. The van der Waals surface area contributed by atoms with Crippen LogP contribution < -0.4 is 11.1 Å². The van der Waals surface area contributed by atoms with Gasteiger partial charge >= 0.3 is 6.18 Å². The van der Waals surface area contributed by atoms with Crippen molar-refractivity contribution in [3.05, 3.63) is 44.4 Å². The maximum absolute atomic E-state index is 13.6. The van der Waals surface area contributed by atoms with Crippen molar-refractivity contribution in [1.29, 1.82) is 0 Å². The molecule has 16 heteroatoms. The number of hydrogen-bond acceptors (Lipinski definition) is 6. The van der Waals surface area contributed by atoms with Gasteiger partial charge in [0.05, 0.1) is 28.1 Å². The van der Waals surface area contributed by atoms with E-state index in [0.29, 0.717) is 11.3 Å². The lowest BCUT2D eigenvalue weighted by Crippen LogP contribution is -2.19. The average Bonchev–Trinajstić information content (AvgIpc) is 3.45. The minimum atomic E-state index is -4.69. The number of nitrogens with one attached hydrogen (secondary N) is 1. The topological polar surface area (TPSA) is 121 Å². The summed E-state index contributed by atoms with van der Waals surface area (Å²) in [6.07, 6.45) is -6.31. The summed E-state index contributed by atoms with van der Waals surface area (Å²) in [6, 6.07) is 1.16. The van der Waals surface area contributed by atoms with Gasteiger partial charge in [0.15, 0.2) is 5.69 Å². The molecule has 4 rings (SSSR count). The fourth-order valence-corrected chi connectivity index (χ4v) is 5.45. The van der Waals surface area contributed by atoms with Gasteiger partial charge in [0.1, 0.15) is 15.4 Å². The Morgan fingerprint density at radius 1 is 1.21 bits per heavy atom. The van der Waals surface area contributed by atoms with E-state index in [0.717, 1.165) is 22.1 Å². The number of aryl methyl sites for hydroxylation is 3. The number of pyridine rings is 1. The molecule has 4 aromatic heterocycles. The first-order chi connectivity index (χ1) is 17.7. The summed E-state index contributed by atoms with van der Waals surface area (Å²) in [4.78, 5) is 29.0. The number of nitrogens with two attached hydrogens (primary N) is 1. The summed E-state index contributed by atoms with van der Waals surface area (Å²) in [6.45, 7) is 2.88. The lowest BCUT2D eigenvalue weighted by molar-refractivity contribution is -0.142. The van der Waals surface area contributed by atoms with E-state index < -0.39 is 35.8 Å². The number of primary amides is 1. The molecule has 0 saturated heterocycles. The molecule has 0 aliphatic heterocycles. The molecule has 4 heterocycles. The molecule has 9 nitrogen and oxygen atoms in total. The molecule has 3 N–H and O–H groups in total. The summed E-state index contributed by atoms with van der Waals surface area (Å²) in [5.41, 5.74) is 5.25. The Labute approximate surface area is 223 Å². The SMILES string of the molecule is Cc1nn(C)cc1-c1cc(C(F)F)nc2sc(C(N)=O)c(NC(=O)CCn3nc(C(F)(F)F)c(Br)c3C)c12. The van der Waals surface area contributed by atoms with Crippen LogP contribution in [0.2, 0.25) is 0 Å². The Balaban J connectivity index is 1.75. The molecular formula is C22H19BrF5N7O2S. The van der Waals surface area contributed by atoms with Crippen molar-refractivity contribution in [2.75, 3.05) is 5.32 Å². The standard InChI is InChI=1S/C22H19BrF5N7O2S/c1-8-11(7-34(3)32-8)10-6-12(19(24)25)30-21-14(10)16(17(38-21)20(29)37)31-13(36)4-5-35-9(2)15(23)18(33-35)22(26,27)28/h6-7,19H,4-5H2,1-3H3,(H2,29,37)(H,31,36). The predicted octanol–water partition coefficient (Wildman–Crippen LogP) is 5.36. The number of amides is 2. The van der Waals surface area contributed by atoms with Gasteiger partial charge in [-0.1, -0.05) is 0 Å². The highest BCUT2D eigenvalue weighted by Gasteiger charge is 2.38. The number of halogens is 6. The Bertz CT molecular complexity index is 1570. The second kappa shape index (κ2) is 10.1. The van der Waals surface area contributed by atoms with E-state index in [-0.39, 0.29) is 49.5 Å². The first-order valence-electron chi connectivity index (χ1n) is 10.8. The van der Waals surface area contributed by atoms with E-state index in [4.69, 9.17) is 5.73 Å². The lowest BCUT2D eigenvalue weighted by atomic mass is 10.0. The molecule has 0 atom stereocenters. The van der Waals surface area contributed by atoms with Crippen molar-refractivity contribution < 1.29 is 31.5 Å². The van der Waals surface area contributed by atoms with Crippen LogP contribution in [-0.4, -0.2) is 36.4 Å². The zero-order chi connectivity index (χ0) is 28.1. The normalized spacial score (nSPS) is 12.1. The zero-order valence-electron chi connectivity index (χ0n) is 20.0. The Kier molecular flexibility index (Phi) is 7.31. The highest BCUT2D eigenvalue weighted by atomic mass is 79.9. The maximum atomic E-state index is 13.6. The molecule has 0 unspecified atom stereocenters. The molecule has 0 aliphatic rings. The van der Waals surface area contributed by atoms with E-state index in [9.17, 15) is 31.5 Å². The Hall–Kier alpha value is -3.40. The van der Waals surface area contributed by atoms with Crippen molar-refractivity contribution in [1.82, 2.24) is 24.5 Å². The third-order valence-electron chi connectivity index (χ3n) is 5.65. The fraction of sp³-hybridized carbons (Fsp3) is 0.318. The van der Waals surface area contributed by atoms with E-state index in [1.165, 1.54) is 11.6 Å². The van der Waals surface area contributed by atoms with Crippen LogP contribution in [0.4, 0.5) is 27.6 Å². The van der Waals surface area contributed by atoms with E-state index in [1.807, 2.05) is 0 Å². The molecule has 0 fully saturated rings. The number of rotatable bonds is 7. The quantitative estimate of drug-likeness (QED) is 0.270. The van der Waals surface area contributed by atoms with Gasteiger partial charge in [-0.3, -0.25) is 19.0 Å². The summed E-state index contributed by atoms with van der Waals surface area (Å²) in [5, 5.41) is 10.6. The number of carbonyl (C=O) groups excluding carboxylic acids is 2. The van der Waals surface area contributed by atoms with Gasteiger partial charge in [-0.2, -0.15) is 23.4 Å². The van der Waals surface area contributed by atoms with Gasteiger partial charge in [0.2, 0.25) is 5.91 Å². The van der Waals surface area contributed by atoms with E-state index >= 15 is 0 Å². The van der Waals surface area contributed by atoms with Crippen molar-refractivity contribution >= 4 is 55.0 Å². The number of aromatic nitrogens is 5. The van der Waals surface area contributed by atoms with Crippen LogP contribution in [-0.2, 0) is 24.6 Å².